The summed E-state index contributed by atoms with van der Waals surface area (Å²) in [6.07, 6.45) is 0.931. The fraction of sp³-hybridized carbons (Fsp3) is 0.533. The summed E-state index contributed by atoms with van der Waals surface area (Å²) in [4.78, 5) is 11.8. The Kier molecular flexibility index (Phi) is 5.86. The molecule has 0 heterocycles. The lowest BCUT2D eigenvalue weighted by atomic mass is 10.1. The Morgan fingerprint density at radius 1 is 1.11 bits per heavy atom. The van der Waals surface area contributed by atoms with Crippen molar-refractivity contribution in [1.82, 2.24) is 10.6 Å². The zero-order chi connectivity index (χ0) is 13.5. The van der Waals surface area contributed by atoms with Crippen LogP contribution < -0.4 is 10.6 Å². The Morgan fingerprint density at radius 2 is 1.72 bits per heavy atom. The van der Waals surface area contributed by atoms with Gasteiger partial charge in [0.05, 0.1) is 6.04 Å². The summed E-state index contributed by atoms with van der Waals surface area (Å²) < 4.78 is 0. The van der Waals surface area contributed by atoms with Gasteiger partial charge in [-0.05, 0) is 39.7 Å². The van der Waals surface area contributed by atoms with Gasteiger partial charge in [-0.3, -0.25) is 4.79 Å². The molecule has 100 valence electrons. The topological polar surface area (TPSA) is 41.1 Å². The molecule has 0 bridgehead atoms. The fourth-order valence-corrected chi connectivity index (χ4v) is 1.94. The molecular weight excluding hydrogens is 224 g/mol. The van der Waals surface area contributed by atoms with Gasteiger partial charge in [-0.25, -0.2) is 0 Å². The Bertz CT molecular complexity index is 362. The van der Waals surface area contributed by atoms with Gasteiger partial charge in [0.2, 0.25) is 5.91 Å². The smallest absolute Gasteiger partial charge is 0.237 e. The summed E-state index contributed by atoms with van der Waals surface area (Å²) >= 11 is 0. The van der Waals surface area contributed by atoms with Gasteiger partial charge in [0.1, 0.15) is 0 Å². The molecule has 0 saturated heterocycles. The van der Waals surface area contributed by atoms with Crippen molar-refractivity contribution in [2.24, 2.45) is 0 Å². The van der Waals surface area contributed by atoms with Crippen LogP contribution in [0.2, 0.25) is 0 Å². The molecule has 1 amide bonds. The van der Waals surface area contributed by atoms with E-state index in [9.17, 15) is 4.79 Å². The van der Waals surface area contributed by atoms with Crippen molar-refractivity contribution >= 4 is 5.91 Å². The standard InChI is InChI=1S/C15H24N2O/c1-11(2)16-15(18)13(4)17-12(3)10-14-8-6-5-7-9-14/h5-9,11-13,17H,10H2,1-4H3,(H,16,18). The fourth-order valence-electron chi connectivity index (χ4n) is 1.94. The molecule has 0 aliphatic carbocycles. The van der Waals surface area contributed by atoms with E-state index >= 15 is 0 Å². The van der Waals surface area contributed by atoms with Crippen molar-refractivity contribution < 1.29 is 4.79 Å². The Morgan fingerprint density at radius 3 is 2.28 bits per heavy atom. The number of carbonyl (C=O) groups is 1. The third-order valence-corrected chi connectivity index (χ3v) is 2.74. The lowest BCUT2D eigenvalue weighted by Gasteiger charge is -2.20. The van der Waals surface area contributed by atoms with Crippen LogP contribution in [0.3, 0.4) is 0 Å². The van der Waals surface area contributed by atoms with E-state index in [0.717, 1.165) is 6.42 Å². The van der Waals surface area contributed by atoms with Crippen LogP contribution in [0.15, 0.2) is 30.3 Å². The first-order valence-electron chi connectivity index (χ1n) is 6.59. The predicted molar refractivity (Wildman–Crippen MR) is 75.5 cm³/mol. The lowest BCUT2D eigenvalue weighted by molar-refractivity contribution is -0.123. The van der Waals surface area contributed by atoms with Gasteiger partial charge in [-0.15, -0.1) is 0 Å². The average molecular weight is 248 g/mol. The second kappa shape index (κ2) is 7.17. The molecular formula is C15H24N2O. The van der Waals surface area contributed by atoms with E-state index in [0.29, 0.717) is 0 Å². The van der Waals surface area contributed by atoms with E-state index in [4.69, 9.17) is 0 Å². The van der Waals surface area contributed by atoms with Crippen LogP contribution in [-0.2, 0) is 11.2 Å². The number of rotatable bonds is 6. The first-order chi connectivity index (χ1) is 8.49. The van der Waals surface area contributed by atoms with Gasteiger partial charge < -0.3 is 10.6 Å². The zero-order valence-electron chi connectivity index (χ0n) is 11.7. The number of hydrogen-bond donors (Lipinski definition) is 2. The van der Waals surface area contributed by atoms with Crippen LogP contribution in [0.1, 0.15) is 33.3 Å². The summed E-state index contributed by atoms with van der Waals surface area (Å²) in [5, 5.41) is 6.23. The number of nitrogens with one attached hydrogen (secondary N) is 2. The number of carbonyl (C=O) groups excluding carboxylic acids is 1. The largest absolute Gasteiger partial charge is 0.353 e. The van der Waals surface area contributed by atoms with E-state index in [1.165, 1.54) is 5.56 Å². The SMILES string of the molecule is CC(C)NC(=O)C(C)NC(C)Cc1ccccc1. The van der Waals surface area contributed by atoms with Crippen LogP contribution in [0, 0.1) is 0 Å². The molecule has 2 N–H and O–H groups in total. The Hall–Kier alpha value is -1.35. The molecule has 0 fully saturated rings. The molecule has 1 rings (SSSR count). The van der Waals surface area contributed by atoms with Gasteiger partial charge >= 0.3 is 0 Å². The number of amides is 1. The zero-order valence-corrected chi connectivity index (χ0v) is 11.7. The van der Waals surface area contributed by atoms with E-state index < -0.39 is 0 Å². The van der Waals surface area contributed by atoms with E-state index in [2.05, 4.69) is 29.7 Å². The van der Waals surface area contributed by atoms with Gasteiger partial charge in [0, 0.05) is 12.1 Å². The van der Waals surface area contributed by atoms with Crippen molar-refractivity contribution in [3.05, 3.63) is 35.9 Å². The van der Waals surface area contributed by atoms with Crippen LogP contribution >= 0.6 is 0 Å². The monoisotopic (exact) mass is 248 g/mol. The summed E-state index contributed by atoms with van der Waals surface area (Å²) in [6, 6.07) is 10.6. The van der Waals surface area contributed by atoms with Crippen LogP contribution in [-0.4, -0.2) is 24.0 Å². The molecule has 0 radical (unpaired) electrons. The molecule has 3 heteroatoms. The van der Waals surface area contributed by atoms with Gasteiger partial charge in [0.15, 0.2) is 0 Å². The maximum Gasteiger partial charge on any atom is 0.237 e. The molecule has 0 aliphatic heterocycles. The molecule has 0 aromatic heterocycles. The van der Waals surface area contributed by atoms with Crippen molar-refractivity contribution in [1.29, 1.82) is 0 Å². The van der Waals surface area contributed by atoms with E-state index in [1.54, 1.807) is 0 Å². The lowest BCUT2D eigenvalue weighted by Crippen LogP contribution is -2.48. The van der Waals surface area contributed by atoms with Crippen molar-refractivity contribution in [2.75, 3.05) is 0 Å². The molecule has 2 atom stereocenters. The van der Waals surface area contributed by atoms with Crippen LogP contribution in [0.25, 0.3) is 0 Å². The minimum Gasteiger partial charge on any atom is -0.353 e. The molecule has 3 nitrogen and oxygen atoms in total. The van der Waals surface area contributed by atoms with Gasteiger partial charge in [0.25, 0.3) is 0 Å². The first-order valence-corrected chi connectivity index (χ1v) is 6.59. The predicted octanol–water partition coefficient (Wildman–Crippen LogP) is 2.12. The van der Waals surface area contributed by atoms with E-state index in [1.807, 2.05) is 39.0 Å². The quantitative estimate of drug-likeness (QED) is 0.809. The Labute approximate surface area is 110 Å². The summed E-state index contributed by atoms with van der Waals surface area (Å²) in [6.45, 7) is 7.95. The minimum atomic E-state index is -0.161. The van der Waals surface area contributed by atoms with Crippen LogP contribution in [0.5, 0.6) is 0 Å². The third-order valence-electron chi connectivity index (χ3n) is 2.74. The summed E-state index contributed by atoms with van der Waals surface area (Å²) in [5.74, 6) is 0.0601. The highest BCUT2D eigenvalue weighted by Gasteiger charge is 2.15. The molecule has 18 heavy (non-hydrogen) atoms. The second-order valence-electron chi connectivity index (χ2n) is 5.14. The third kappa shape index (κ3) is 5.32. The maximum atomic E-state index is 11.8. The van der Waals surface area contributed by atoms with Gasteiger partial charge in [-0.1, -0.05) is 30.3 Å². The summed E-state index contributed by atoms with van der Waals surface area (Å²) in [7, 11) is 0. The van der Waals surface area contributed by atoms with Crippen molar-refractivity contribution in [3.8, 4) is 0 Å². The molecule has 0 saturated carbocycles. The number of hydrogen-bond acceptors (Lipinski definition) is 2. The van der Waals surface area contributed by atoms with E-state index in [-0.39, 0.29) is 24.0 Å². The van der Waals surface area contributed by atoms with Crippen LogP contribution in [0.4, 0.5) is 0 Å². The minimum absolute atomic E-state index is 0.0601. The highest BCUT2D eigenvalue weighted by atomic mass is 16.2. The Balaban J connectivity index is 2.40. The van der Waals surface area contributed by atoms with Crippen molar-refractivity contribution in [3.63, 3.8) is 0 Å². The summed E-state index contributed by atoms with van der Waals surface area (Å²) in [5.41, 5.74) is 1.29. The number of benzene rings is 1. The maximum absolute atomic E-state index is 11.8. The molecule has 1 aromatic rings. The van der Waals surface area contributed by atoms with Gasteiger partial charge in [-0.2, -0.15) is 0 Å². The van der Waals surface area contributed by atoms with Crippen molar-refractivity contribution in [2.45, 2.75) is 52.2 Å². The highest BCUT2D eigenvalue weighted by Crippen LogP contribution is 2.03. The normalized spacial score (nSPS) is 14.3. The molecule has 0 aliphatic rings. The molecule has 2 unspecified atom stereocenters. The highest BCUT2D eigenvalue weighted by molar-refractivity contribution is 5.81. The molecule has 1 aromatic carbocycles. The average Bonchev–Trinajstić information content (AvgIpc) is 2.29. The first kappa shape index (κ1) is 14.7. The second-order valence-corrected chi connectivity index (χ2v) is 5.14. The molecule has 0 spiro atoms.